The Labute approximate surface area is 102 Å². The Morgan fingerprint density at radius 3 is 2.50 bits per heavy atom. The molecule has 0 aliphatic carbocycles. The molecule has 0 saturated heterocycles. The number of alkyl halides is 3. The Bertz CT molecular complexity index is 610. The van der Waals surface area contributed by atoms with Gasteiger partial charge in [0.05, 0.1) is 5.56 Å². The van der Waals surface area contributed by atoms with Crippen LogP contribution in [0.1, 0.15) is 29.8 Å². The van der Waals surface area contributed by atoms with E-state index in [0.717, 1.165) is 12.1 Å². The molecular weight excluding hydrogens is 243 g/mol. The second-order valence-electron chi connectivity index (χ2n) is 4.11. The number of halogens is 3. The molecule has 0 bridgehead atoms. The molecule has 2 aromatic rings. The van der Waals surface area contributed by atoms with Gasteiger partial charge in [0.25, 0.3) is 0 Å². The Morgan fingerprint density at radius 1 is 1.33 bits per heavy atom. The van der Waals surface area contributed by atoms with E-state index in [-0.39, 0.29) is 5.78 Å². The van der Waals surface area contributed by atoms with Crippen LogP contribution in [0.25, 0.3) is 10.9 Å². The van der Waals surface area contributed by atoms with E-state index in [1.165, 1.54) is 13.0 Å². The molecule has 0 spiro atoms. The Kier molecular flexibility index (Phi) is 2.92. The molecule has 0 radical (unpaired) electrons. The first kappa shape index (κ1) is 12.7. The topological polar surface area (TPSA) is 22.0 Å². The van der Waals surface area contributed by atoms with Gasteiger partial charge in [0, 0.05) is 29.2 Å². The third kappa shape index (κ3) is 2.00. The van der Waals surface area contributed by atoms with Crippen LogP contribution in [0.3, 0.4) is 0 Å². The molecule has 2 nitrogen and oxygen atoms in total. The average molecular weight is 255 g/mol. The molecule has 0 atom stereocenters. The number of rotatable bonds is 2. The van der Waals surface area contributed by atoms with E-state index in [0.29, 0.717) is 23.0 Å². The molecule has 1 aromatic heterocycles. The maximum atomic E-state index is 12.6. The minimum Gasteiger partial charge on any atom is -0.347 e. The van der Waals surface area contributed by atoms with E-state index in [4.69, 9.17) is 0 Å². The fraction of sp³-hybridized carbons (Fsp3) is 0.308. The second-order valence-corrected chi connectivity index (χ2v) is 4.11. The molecule has 0 N–H and O–H groups in total. The molecule has 0 aliphatic rings. The van der Waals surface area contributed by atoms with Crippen LogP contribution in [-0.4, -0.2) is 10.4 Å². The smallest absolute Gasteiger partial charge is 0.347 e. The highest BCUT2D eigenvalue weighted by atomic mass is 19.4. The number of hydrogen-bond donors (Lipinski definition) is 0. The summed E-state index contributed by atoms with van der Waals surface area (Å²) < 4.78 is 39.7. The van der Waals surface area contributed by atoms with Crippen LogP contribution in [0.4, 0.5) is 13.2 Å². The van der Waals surface area contributed by atoms with Crippen LogP contribution >= 0.6 is 0 Å². The van der Waals surface area contributed by atoms with Gasteiger partial charge < -0.3 is 4.57 Å². The Morgan fingerprint density at radius 2 is 2.00 bits per heavy atom. The molecule has 1 aromatic carbocycles. The van der Waals surface area contributed by atoms with Crippen molar-refractivity contribution < 1.29 is 18.0 Å². The third-order valence-electron chi connectivity index (χ3n) is 2.93. The molecule has 5 heteroatoms. The minimum absolute atomic E-state index is 0.230. The van der Waals surface area contributed by atoms with E-state index < -0.39 is 11.7 Å². The van der Waals surface area contributed by atoms with E-state index in [2.05, 4.69) is 0 Å². The maximum Gasteiger partial charge on any atom is 0.416 e. The SMILES string of the molecule is CCn1cc(C(C)=O)c2cc(C(F)(F)F)ccc21. The monoisotopic (exact) mass is 255 g/mol. The van der Waals surface area contributed by atoms with E-state index >= 15 is 0 Å². The van der Waals surface area contributed by atoms with Crippen LogP contribution in [0.5, 0.6) is 0 Å². The standard InChI is InChI=1S/C13H12F3NO/c1-3-17-7-11(8(2)18)10-6-9(13(14,15)16)4-5-12(10)17/h4-7H,3H2,1-2H3. The van der Waals surface area contributed by atoms with Crippen molar-refractivity contribution in [1.82, 2.24) is 4.57 Å². The lowest BCUT2D eigenvalue weighted by atomic mass is 10.1. The molecule has 0 amide bonds. The lowest BCUT2D eigenvalue weighted by Gasteiger charge is -2.07. The number of hydrogen-bond acceptors (Lipinski definition) is 1. The third-order valence-corrected chi connectivity index (χ3v) is 2.93. The zero-order chi connectivity index (χ0) is 13.5. The second kappa shape index (κ2) is 4.15. The number of aryl methyl sites for hydroxylation is 1. The summed E-state index contributed by atoms with van der Waals surface area (Å²) >= 11 is 0. The van der Waals surface area contributed by atoms with Gasteiger partial charge in [-0.2, -0.15) is 13.2 Å². The van der Waals surface area contributed by atoms with Gasteiger partial charge in [0.1, 0.15) is 0 Å². The van der Waals surface area contributed by atoms with E-state index in [1.807, 2.05) is 6.92 Å². The lowest BCUT2D eigenvalue weighted by Crippen LogP contribution is -2.04. The van der Waals surface area contributed by atoms with Gasteiger partial charge in [-0.3, -0.25) is 4.79 Å². The van der Waals surface area contributed by atoms with Crippen molar-refractivity contribution in [2.24, 2.45) is 0 Å². The summed E-state index contributed by atoms with van der Waals surface area (Å²) in [6.45, 7) is 3.84. The first-order chi connectivity index (χ1) is 8.34. The summed E-state index contributed by atoms with van der Waals surface area (Å²) in [5, 5.41) is 0.360. The van der Waals surface area contributed by atoms with E-state index in [9.17, 15) is 18.0 Å². The molecule has 0 fully saturated rings. The molecule has 18 heavy (non-hydrogen) atoms. The normalized spacial score (nSPS) is 12.1. The molecule has 0 unspecified atom stereocenters. The Hall–Kier alpha value is -1.78. The van der Waals surface area contributed by atoms with Crippen LogP contribution in [0.2, 0.25) is 0 Å². The molecule has 0 saturated carbocycles. The van der Waals surface area contributed by atoms with Crippen LogP contribution in [-0.2, 0) is 12.7 Å². The number of carbonyl (C=O) groups is 1. The number of fused-ring (bicyclic) bond motifs is 1. The molecule has 96 valence electrons. The van der Waals surface area contributed by atoms with Crippen molar-refractivity contribution in [3.63, 3.8) is 0 Å². The predicted octanol–water partition coefficient (Wildman–Crippen LogP) is 3.88. The van der Waals surface area contributed by atoms with Crippen molar-refractivity contribution >= 4 is 16.7 Å². The van der Waals surface area contributed by atoms with Crippen molar-refractivity contribution in [2.45, 2.75) is 26.6 Å². The minimum atomic E-state index is -4.39. The number of benzene rings is 1. The predicted molar refractivity (Wildman–Crippen MR) is 62.6 cm³/mol. The molecule has 1 heterocycles. The van der Waals surface area contributed by atoms with Gasteiger partial charge in [-0.05, 0) is 32.0 Å². The fourth-order valence-corrected chi connectivity index (χ4v) is 2.02. The van der Waals surface area contributed by atoms with Crippen molar-refractivity contribution in [3.8, 4) is 0 Å². The first-order valence-corrected chi connectivity index (χ1v) is 5.55. The summed E-state index contributed by atoms with van der Waals surface area (Å²) in [7, 11) is 0. The van der Waals surface area contributed by atoms with Crippen molar-refractivity contribution in [2.75, 3.05) is 0 Å². The summed E-state index contributed by atoms with van der Waals surface area (Å²) in [5.74, 6) is -0.230. The van der Waals surface area contributed by atoms with Crippen LogP contribution < -0.4 is 0 Å². The number of aromatic nitrogens is 1. The highest BCUT2D eigenvalue weighted by Gasteiger charge is 2.31. The summed E-state index contributed by atoms with van der Waals surface area (Å²) in [4.78, 5) is 11.5. The van der Waals surface area contributed by atoms with Gasteiger partial charge >= 0.3 is 6.18 Å². The molecule has 2 rings (SSSR count). The number of ketones is 1. The van der Waals surface area contributed by atoms with Gasteiger partial charge in [0.2, 0.25) is 0 Å². The molecule has 0 aliphatic heterocycles. The highest BCUT2D eigenvalue weighted by Crippen LogP contribution is 2.33. The number of Topliss-reactive ketones (excluding diaryl/α,β-unsaturated/α-hetero) is 1. The van der Waals surface area contributed by atoms with Gasteiger partial charge in [0.15, 0.2) is 5.78 Å². The largest absolute Gasteiger partial charge is 0.416 e. The summed E-state index contributed by atoms with van der Waals surface area (Å²) in [6, 6.07) is 3.49. The van der Waals surface area contributed by atoms with Crippen molar-refractivity contribution in [1.29, 1.82) is 0 Å². The van der Waals surface area contributed by atoms with Gasteiger partial charge in [-0.25, -0.2) is 0 Å². The number of nitrogens with zero attached hydrogens (tertiary/aromatic N) is 1. The molecular formula is C13H12F3NO. The van der Waals surface area contributed by atoms with E-state index in [1.54, 1.807) is 10.8 Å². The van der Waals surface area contributed by atoms with Gasteiger partial charge in [-0.15, -0.1) is 0 Å². The quantitative estimate of drug-likeness (QED) is 0.746. The van der Waals surface area contributed by atoms with Crippen molar-refractivity contribution in [3.05, 3.63) is 35.5 Å². The maximum absolute atomic E-state index is 12.6. The highest BCUT2D eigenvalue weighted by molar-refractivity contribution is 6.07. The summed E-state index contributed by atoms with van der Waals surface area (Å²) in [5.41, 5.74) is 0.250. The lowest BCUT2D eigenvalue weighted by molar-refractivity contribution is -0.137. The summed E-state index contributed by atoms with van der Waals surface area (Å²) in [6.07, 6.45) is -2.79. The first-order valence-electron chi connectivity index (χ1n) is 5.55. The number of carbonyl (C=O) groups excluding carboxylic acids is 1. The Balaban J connectivity index is 2.75. The zero-order valence-corrected chi connectivity index (χ0v) is 10.0. The zero-order valence-electron chi connectivity index (χ0n) is 10.0. The van der Waals surface area contributed by atoms with Crippen LogP contribution in [0, 0.1) is 0 Å². The van der Waals surface area contributed by atoms with Crippen LogP contribution in [0.15, 0.2) is 24.4 Å². The fourth-order valence-electron chi connectivity index (χ4n) is 2.02. The average Bonchev–Trinajstić information content (AvgIpc) is 2.65. The van der Waals surface area contributed by atoms with Gasteiger partial charge in [-0.1, -0.05) is 0 Å².